The predicted octanol–water partition coefficient (Wildman–Crippen LogP) is 2.25. The maximum Gasteiger partial charge on any atom is 0.436 e. The third-order valence-corrected chi connectivity index (χ3v) is 3.41. The van der Waals surface area contributed by atoms with Crippen molar-refractivity contribution in [3.8, 4) is 5.69 Å². The van der Waals surface area contributed by atoms with Gasteiger partial charge in [0.25, 0.3) is 0 Å². The third kappa shape index (κ3) is 2.97. The molecule has 0 amide bonds. The summed E-state index contributed by atoms with van der Waals surface area (Å²) >= 11 is 0. The van der Waals surface area contributed by atoms with Crippen LogP contribution in [-0.2, 0) is 10.9 Å². The molecule has 0 aliphatic carbocycles. The molecule has 130 valence electrons. The molecular weight excluding hydrogens is 341 g/mol. The summed E-state index contributed by atoms with van der Waals surface area (Å²) in [7, 11) is 0. The number of fused-ring (bicyclic) bond motifs is 1. The molecule has 2 heterocycles. The van der Waals surface area contributed by atoms with Crippen LogP contribution >= 0.6 is 0 Å². The average molecular weight is 352 g/mol. The van der Waals surface area contributed by atoms with Crippen LogP contribution in [0.3, 0.4) is 0 Å². The fourth-order valence-electron chi connectivity index (χ4n) is 2.42. The summed E-state index contributed by atoms with van der Waals surface area (Å²) in [6.07, 6.45) is -2.52. The number of pyridine rings is 1. The Morgan fingerprint density at radius 2 is 2.12 bits per heavy atom. The number of benzene rings is 1. The molecule has 0 fully saturated rings. The number of rotatable bonds is 3. The van der Waals surface area contributed by atoms with E-state index in [-0.39, 0.29) is 12.3 Å². The zero-order valence-corrected chi connectivity index (χ0v) is 12.8. The standard InChI is InChI=1S/C15H11F3N4O3/c1-2-25-14(23)12-13(15(16,17)18)22(20-19-12)11-5-3-4-9-8-21(24)7-6-10(9)11/h3-8H,2H2,1H3. The number of hydrogen-bond donors (Lipinski definition) is 0. The van der Waals surface area contributed by atoms with Gasteiger partial charge in [-0.2, -0.15) is 17.9 Å². The van der Waals surface area contributed by atoms with Gasteiger partial charge in [-0.25, -0.2) is 9.48 Å². The van der Waals surface area contributed by atoms with Crippen LogP contribution in [0.2, 0.25) is 0 Å². The van der Waals surface area contributed by atoms with Gasteiger partial charge < -0.3 is 9.94 Å². The summed E-state index contributed by atoms with van der Waals surface area (Å²) in [4.78, 5) is 11.8. The molecule has 0 atom stereocenters. The van der Waals surface area contributed by atoms with E-state index in [9.17, 15) is 23.2 Å². The highest BCUT2D eigenvalue weighted by Crippen LogP contribution is 2.34. The minimum atomic E-state index is -4.89. The normalized spacial score (nSPS) is 11.7. The van der Waals surface area contributed by atoms with E-state index in [2.05, 4.69) is 15.0 Å². The SMILES string of the molecule is CCOC(=O)c1nnn(-c2cccc3c[n+]([O-])ccc23)c1C(F)(F)F. The van der Waals surface area contributed by atoms with E-state index in [4.69, 9.17) is 0 Å². The lowest BCUT2D eigenvalue weighted by atomic mass is 10.1. The van der Waals surface area contributed by atoms with Crippen molar-refractivity contribution in [3.63, 3.8) is 0 Å². The first kappa shape index (κ1) is 16.7. The molecule has 0 aliphatic rings. The molecule has 0 bridgehead atoms. The second-order valence-corrected chi connectivity index (χ2v) is 5.00. The van der Waals surface area contributed by atoms with Gasteiger partial charge in [-0.3, -0.25) is 0 Å². The maximum atomic E-state index is 13.5. The highest BCUT2D eigenvalue weighted by molar-refractivity contribution is 5.91. The molecule has 25 heavy (non-hydrogen) atoms. The Hall–Kier alpha value is -3.17. The Morgan fingerprint density at radius 3 is 2.80 bits per heavy atom. The van der Waals surface area contributed by atoms with Crippen LogP contribution in [0, 0.1) is 5.21 Å². The topological polar surface area (TPSA) is 84.0 Å². The number of alkyl halides is 3. The second-order valence-electron chi connectivity index (χ2n) is 5.00. The molecule has 7 nitrogen and oxygen atoms in total. The summed E-state index contributed by atoms with van der Waals surface area (Å²) in [6, 6.07) is 5.80. The first-order valence-electron chi connectivity index (χ1n) is 7.15. The van der Waals surface area contributed by atoms with Crippen LogP contribution in [0.15, 0.2) is 36.7 Å². The quantitative estimate of drug-likeness (QED) is 0.410. The summed E-state index contributed by atoms with van der Waals surface area (Å²) in [5.74, 6) is -1.21. The molecule has 0 radical (unpaired) electrons. The molecule has 0 unspecified atom stereocenters. The zero-order valence-electron chi connectivity index (χ0n) is 12.8. The van der Waals surface area contributed by atoms with E-state index in [1.807, 2.05) is 0 Å². The van der Waals surface area contributed by atoms with Crippen molar-refractivity contribution in [2.75, 3.05) is 6.61 Å². The van der Waals surface area contributed by atoms with Crippen molar-refractivity contribution in [1.29, 1.82) is 0 Å². The number of nitrogens with zero attached hydrogens (tertiary/aromatic N) is 4. The fraction of sp³-hybridized carbons (Fsp3) is 0.200. The Kier molecular flexibility index (Phi) is 4.03. The fourth-order valence-corrected chi connectivity index (χ4v) is 2.42. The summed E-state index contributed by atoms with van der Waals surface area (Å²) in [5.41, 5.74) is -2.22. The van der Waals surface area contributed by atoms with Gasteiger partial charge in [-0.15, -0.1) is 5.10 Å². The molecule has 1 aromatic carbocycles. The van der Waals surface area contributed by atoms with E-state index in [0.29, 0.717) is 20.2 Å². The average Bonchev–Trinajstić information content (AvgIpc) is 2.99. The number of halogens is 3. The van der Waals surface area contributed by atoms with Crippen molar-refractivity contribution in [2.45, 2.75) is 13.1 Å². The smallest absolute Gasteiger partial charge is 0.436 e. The lowest BCUT2D eigenvalue weighted by molar-refractivity contribution is -0.603. The van der Waals surface area contributed by atoms with Gasteiger partial charge in [-0.1, -0.05) is 11.3 Å². The van der Waals surface area contributed by atoms with E-state index in [1.165, 1.54) is 31.3 Å². The Morgan fingerprint density at radius 1 is 1.36 bits per heavy atom. The molecule has 0 N–H and O–H groups in total. The summed E-state index contributed by atoms with van der Waals surface area (Å²) in [6.45, 7) is 1.37. The first-order valence-corrected chi connectivity index (χ1v) is 7.15. The minimum Gasteiger partial charge on any atom is -0.619 e. The number of carbonyl (C=O) groups is 1. The van der Waals surface area contributed by atoms with E-state index >= 15 is 0 Å². The van der Waals surface area contributed by atoms with Crippen LogP contribution < -0.4 is 4.73 Å². The third-order valence-electron chi connectivity index (χ3n) is 3.41. The number of esters is 1. The lowest BCUT2D eigenvalue weighted by Crippen LogP contribution is -2.24. The number of carbonyl (C=O) groups excluding carboxylic acids is 1. The van der Waals surface area contributed by atoms with Gasteiger partial charge in [-0.05, 0) is 19.1 Å². The first-order chi connectivity index (χ1) is 11.8. The number of hydrogen-bond acceptors (Lipinski definition) is 5. The molecule has 2 aromatic heterocycles. The van der Waals surface area contributed by atoms with Crippen LogP contribution in [0.25, 0.3) is 16.5 Å². The molecule has 10 heteroatoms. The molecular formula is C15H11F3N4O3. The second kappa shape index (κ2) is 6.04. The molecule has 3 rings (SSSR count). The Labute approximate surface area is 138 Å². The van der Waals surface area contributed by atoms with Crippen LogP contribution in [0.4, 0.5) is 13.2 Å². The Balaban J connectivity index is 2.27. The highest BCUT2D eigenvalue weighted by Gasteiger charge is 2.42. The van der Waals surface area contributed by atoms with Gasteiger partial charge in [0.05, 0.1) is 12.3 Å². The summed E-state index contributed by atoms with van der Waals surface area (Å²) in [5, 5.41) is 19.0. The van der Waals surface area contributed by atoms with Crippen molar-refractivity contribution >= 4 is 16.7 Å². The van der Waals surface area contributed by atoms with E-state index < -0.39 is 23.5 Å². The number of aromatic nitrogens is 4. The van der Waals surface area contributed by atoms with Gasteiger partial charge >= 0.3 is 12.1 Å². The molecule has 0 saturated heterocycles. The predicted molar refractivity (Wildman–Crippen MR) is 78.8 cm³/mol. The van der Waals surface area contributed by atoms with Crippen LogP contribution in [0.1, 0.15) is 23.1 Å². The monoisotopic (exact) mass is 352 g/mol. The van der Waals surface area contributed by atoms with Gasteiger partial charge in [0.1, 0.15) is 0 Å². The lowest BCUT2D eigenvalue weighted by Gasteiger charge is -2.12. The zero-order chi connectivity index (χ0) is 18.2. The van der Waals surface area contributed by atoms with Gasteiger partial charge in [0.2, 0.25) is 5.69 Å². The van der Waals surface area contributed by atoms with E-state index in [1.54, 1.807) is 6.07 Å². The largest absolute Gasteiger partial charge is 0.619 e. The van der Waals surface area contributed by atoms with Crippen LogP contribution in [-0.4, -0.2) is 27.6 Å². The Bertz CT molecular complexity index is 953. The molecule has 3 aromatic rings. The minimum absolute atomic E-state index is 0.0356. The van der Waals surface area contributed by atoms with Crippen molar-refractivity contribution < 1.29 is 27.4 Å². The summed E-state index contributed by atoms with van der Waals surface area (Å²) < 4.78 is 46.3. The van der Waals surface area contributed by atoms with Crippen molar-refractivity contribution in [3.05, 3.63) is 53.3 Å². The maximum absolute atomic E-state index is 13.5. The van der Waals surface area contributed by atoms with Gasteiger partial charge in [0, 0.05) is 16.8 Å². The molecule has 0 spiro atoms. The van der Waals surface area contributed by atoms with Crippen molar-refractivity contribution in [2.24, 2.45) is 0 Å². The number of ether oxygens (including phenoxy) is 1. The molecule has 0 aliphatic heterocycles. The van der Waals surface area contributed by atoms with Crippen molar-refractivity contribution in [1.82, 2.24) is 15.0 Å². The molecule has 0 saturated carbocycles. The van der Waals surface area contributed by atoms with Gasteiger partial charge in [0.15, 0.2) is 18.1 Å². The van der Waals surface area contributed by atoms with E-state index in [0.717, 1.165) is 6.20 Å². The van der Waals surface area contributed by atoms with Crippen LogP contribution in [0.5, 0.6) is 0 Å². The highest BCUT2D eigenvalue weighted by atomic mass is 19.4.